The monoisotopic (exact) mass is 309 g/mol. The van der Waals surface area contributed by atoms with Gasteiger partial charge in [-0.2, -0.15) is 0 Å². The molecule has 118 valence electrons. The predicted molar refractivity (Wildman–Crippen MR) is 86.1 cm³/mol. The molecule has 23 heavy (non-hydrogen) atoms. The first-order valence-corrected chi connectivity index (χ1v) is 7.94. The van der Waals surface area contributed by atoms with E-state index >= 15 is 0 Å². The lowest BCUT2D eigenvalue weighted by atomic mass is 10.0. The molecule has 0 spiro atoms. The first kappa shape index (κ1) is 14.1. The Labute approximate surface area is 135 Å². The minimum atomic E-state index is 0.0920. The third-order valence-electron chi connectivity index (χ3n) is 4.77. The van der Waals surface area contributed by atoms with Crippen molar-refractivity contribution >= 4 is 11.9 Å². The maximum Gasteiger partial charge on any atom is 0.255 e. The van der Waals surface area contributed by atoms with Crippen LogP contribution in [0.4, 0.5) is 5.95 Å². The van der Waals surface area contributed by atoms with E-state index in [4.69, 9.17) is 0 Å². The van der Waals surface area contributed by atoms with Crippen LogP contribution in [0.25, 0.3) is 0 Å². The van der Waals surface area contributed by atoms with E-state index in [1.807, 2.05) is 30.0 Å². The molecule has 0 aliphatic carbocycles. The van der Waals surface area contributed by atoms with Gasteiger partial charge in [0.1, 0.15) is 0 Å². The molecule has 6 nitrogen and oxygen atoms in total. The molecule has 0 unspecified atom stereocenters. The topological polar surface area (TPSA) is 62.2 Å². The second kappa shape index (κ2) is 5.61. The Morgan fingerprint density at radius 3 is 2.35 bits per heavy atom. The summed E-state index contributed by atoms with van der Waals surface area (Å²) in [5, 5.41) is 0. The summed E-state index contributed by atoms with van der Waals surface area (Å²) in [6, 6.07) is 5.58. The van der Waals surface area contributed by atoms with Gasteiger partial charge in [0.05, 0.1) is 5.56 Å². The summed E-state index contributed by atoms with van der Waals surface area (Å²) >= 11 is 0. The van der Waals surface area contributed by atoms with Crippen molar-refractivity contribution in [2.75, 3.05) is 31.1 Å². The highest BCUT2D eigenvalue weighted by atomic mass is 16.2. The summed E-state index contributed by atoms with van der Waals surface area (Å²) < 4.78 is 0. The molecule has 1 amide bonds. The Balaban J connectivity index is 1.42. The molecule has 4 heterocycles. The van der Waals surface area contributed by atoms with Crippen molar-refractivity contribution in [2.45, 2.75) is 6.92 Å². The largest absolute Gasteiger partial charge is 0.340 e. The lowest BCUT2D eigenvalue weighted by Gasteiger charge is -2.21. The zero-order chi connectivity index (χ0) is 15.8. The van der Waals surface area contributed by atoms with Crippen LogP contribution in [0.1, 0.15) is 16.1 Å². The molecule has 0 aromatic carbocycles. The highest BCUT2D eigenvalue weighted by molar-refractivity contribution is 5.94. The van der Waals surface area contributed by atoms with E-state index in [1.54, 1.807) is 18.6 Å². The number of amides is 1. The van der Waals surface area contributed by atoms with Gasteiger partial charge < -0.3 is 9.80 Å². The van der Waals surface area contributed by atoms with Crippen molar-refractivity contribution in [1.29, 1.82) is 0 Å². The minimum Gasteiger partial charge on any atom is -0.340 e. The number of hydrogen-bond donors (Lipinski definition) is 0. The van der Waals surface area contributed by atoms with Gasteiger partial charge in [0.2, 0.25) is 5.95 Å². The first-order valence-electron chi connectivity index (χ1n) is 7.94. The highest BCUT2D eigenvalue weighted by Crippen LogP contribution is 2.33. The SMILES string of the molecule is Cc1ccc(C(=O)N2C[C@@H]3CN(c4ncccn4)C[C@@H]3C2)cn1. The van der Waals surface area contributed by atoms with Crippen molar-refractivity contribution in [3.63, 3.8) is 0 Å². The van der Waals surface area contributed by atoms with Gasteiger partial charge in [-0.1, -0.05) is 0 Å². The van der Waals surface area contributed by atoms with Crippen LogP contribution in [-0.2, 0) is 0 Å². The van der Waals surface area contributed by atoms with Crippen LogP contribution in [0.15, 0.2) is 36.8 Å². The summed E-state index contributed by atoms with van der Waals surface area (Å²) in [4.78, 5) is 29.6. The Kier molecular flexibility index (Phi) is 3.44. The van der Waals surface area contributed by atoms with E-state index in [0.717, 1.165) is 37.8 Å². The quantitative estimate of drug-likeness (QED) is 0.839. The van der Waals surface area contributed by atoms with Gasteiger partial charge in [0, 0.05) is 62.3 Å². The van der Waals surface area contributed by atoms with Gasteiger partial charge >= 0.3 is 0 Å². The zero-order valence-electron chi connectivity index (χ0n) is 13.1. The van der Waals surface area contributed by atoms with Crippen molar-refractivity contribution in [3.05, 3.63) is 48.0 Å². The number of aromatic nitrogens is 3. The van der Waals surface area contributed by atoms with E-state index in [-0.39, 0.29) is 5.91 Å². The van der Waals surface area contributed by atoms with Crippen LogP contribution in [0.3, 0.4) is 0 Å². The number of anilines is 1. The number of fused-ring (bicyclic) bond motifs is 1. The first-order chi connectivity index (χ1) is 11.2. The van der Waals surface area contributed by atoms with Crippen molar-refractivity contribution in [1.82, 2.24) is 19.9 Å². The Morgan fingerprint density at radius 2 is 1.74 bits per heavy atom. The van der Waals surface area contributed by atoms with Crippen LogP contribution < -0.4 is 4.90 Å². The molecule has 2 fully saturated rings. The van der Waals surface area contributed by atoms with E-state index in [9.17, 15) is 4.79 Å². The molecule has 4 rings (SSSR count). The normalized spacial score (nSPS) is 23.2. The van der Waals surface area contributed by atoms with Gasteiger partial charge in [0.25, 0.3) is 5.91 Å². The van der Waals surface area contributed by atoms with Crippen LogP contribution in [-0.4, -0.2) is 51.9 Å². The van der Waals surface area contributed by atoms with Crippen molar-refractivity contribution in [2.24, 2.45) is 11.8 Å². The number of hydrogen-bond acceptors (Lipinski definition) is 5. The molecule has 0 N–H and O–H groups in total. The molecule has 2 aliphatic heterocycles. The molecule has 2 saturated heterocycles. The molecule has 0 radical (unpaired) electrons. The third kappa shape index (κ3) is 2.65. The number of aryl methyl sites for hydroxylation is 1. The van der Waals surface area contributed by atoms with Gasteiger partial charge in [-0.25, -0.2) is 9.97 Å². The molecule has 2 atom stereocenters. The molecule has 0 bridgehead atoms. The number of carbonyl (C=O) groups is 1. The summed E-state index contributed by atoms with van der Waals surface area (Å²) in [6.07, 6.45) is 5.23. The Morgan fingerprint density at radius 1 is 1.04 bits per heavy atom. The summed E-state index contributed by atoms with van der Waals surface area (Å²) in [5.41, 5.74) is 1.61. The van der Waals surface area contributed by atoms with Gasteiger partial charge in [0.15, 0.2) is 0 Å². The maximum absolute atomic E-state index is 12.6. The van der Waals surface area contributed by atoms with Gasteiger partial charge in [-0.05, 0) is 25.1 Å². The molecule has 6 heteroatoms. The van der Waals surface area contributed by atoms with Crippen molar-refractivity contribution in [3.8, 4) is 0 Å². The average molecular weight is 309 g/mol. The second-order valence-corrected chi connectivity index (χ2v) is 6.37. The van der Waals surface area contributed by atoms with Crippen LogP contribution in [0.5, 0.6) is 0 Å². The number of pyridine rings is 1. The van der Waals surface area contributed by atoms with Crippen LogP contribution >= 0.6 is 0 Å². The summed E-state index contributed by atoms with van der Waals surface area (Å²) in [7, 11) is 0. The number of likely N-dealkylation sites (tertiary alicyclic amines) is 1. The molecular formula is C17H19N5O. The van der Waals surface area contributed by atoms with Crippen LogP contribution in [0.2, 0.25) is 0 Å². The van der Waals surface area contributed by atoms with E-state index in [0.29, 0.717) is 17.4 Å². The lowest BCUT2D eigenvalue weighted by molar-refractivity contribution is 0.0782. The van der Waals surface area contributed by atoms with E-state index in [2.05, 4.69) is 19.9 Å². The van der Waals surface area contributed by atoms with Gasteiger partial charge in [-0.15, -0.1) is 0 Å². The maximum atomic E-state index is 12.6. The summed E-state index contributed by atoms with van der Waals surface area (Å²) in [6.45, 7) is 5.38. The predicted octanol–water partition coefficient (Wildman–Crippen LogP) is 1.39. The van der Waals surface area contributed by atoms with E-state index < -0.39 is 0 Å². The molecule has 2 aromatic rings. The number of rotatable bonds is 2. The fraction of sp³-hybridized carbons (Fsp3) is 0.412. The van der Waals surface area contributed by atoms with Gasteiger partial charge in [-0.3, -0.25) is 9.78 Å². The Bertz CT molecular complexity index is 689. The highest BCUT2D eigenvalue weighted by Gasteiger charge is 2.42. The standard InChI is InChI=1S/C17H19N5O/c1-12-3-4-13(7-20-12)16(23)21-8-14-10-22(11-15(14)9-21)17-18-5-2-6-19-17/h2-7,14-15H,8-11H2,1H3/t14-,15+. The number of carbonyl (C=O) groups excluding carboxylic acids is 1. The molecule has 2 aliphatic rings. The van der Waals surface area contributed by atoms with Crippen LogP contribution in [0, 0.1) is 18.8 Å². The zero-order valence-corrected chi connectivity index (χ0v) is 13.1. The van der Waals surface area contributed by atoms with Crippen molar-refractivity contribution < 1.29 is 4.79 Å². The third-order valence-corrected chi connectivity index (χ3v) is 4.77. The van der Waals surface area contributed by atoms with E-state index in [1.165, 1.54) is 0 Å². The molecule has 2 aromatic heterocycles. The number of nitrogens with zero attached hydrogens (tertiary/aromatic N) is 5. The minimum absolute atomic E-state index is 0.0920. The Hall–Kier alpha value is -2.50. The molecule has 0 saturated carbocycles. The average Bonchev–Trinajstić information content (AvgIpc) is 3.14. The fourth-order valence-corrected chi connectivity index (χ4v) is 3.55. The lowest BCUT2D eigenvalue weighted by Crippen LogP contribution is -2.33. The second-order valence-electron chi connectivity index (χ2n) is 6.37. The smallest absolute Gasteiger partial charge is 0.255 e. The fourth-order valence-electron chi connectivity index (χ4n) is 3.55. The molecular weight excluding hydrogens is 290 g/mol. The summed E-state index contributed by atoms with van der Waals surface area (Å²) in [5.74, 6) is 1.89.